The van der Waals surface area contributed by atoms with Crippen molar-refractivity contribution in [3.05, 3.63) is 12.2 Å². The lowest BCUT2D eigenvalue weighted by molar-refractivity contribution is 0.539. The molecule has 0 N–H and O–H groups in total. The quantitative estimate of drug-likeness (QED) is 0.0824. The third-order valence-electron chi connectivity index (χ3n) is 7.12. The Morgan fingerprint density at radius 1 is 0.250 bits per heavy atom. The monoisotopic (exact) mass is 449 g/mol. The van der Waals surface area contributed by atoms with Crippen LogP contribution in [0.1, 0.15) is 194 Å². The molecule has 0 fully saturated rings. The zero-order valence-electron chi connectivity index (χ0n) is 23.0. The van der Waals surface area contributed by atoms with Crippen molar-refractivity contribution in [2.45, 2.75) is 194 Å². The van der Waals surface area contributed by atoms with E-state index in [1.54, 1.807) is 0 Å². The topological polar surface area (TPSA) is 0 Å². The molecular weight excluding hydrogens is 384 g/mol. The average Bonchev–Trinajstić information content (AvgIpc) is 2.81. The minimum Gasteiger partial charge on any atom is -0.0885 e. The molecule has 0 aromatic heterocycles. The smallest absolute Gasteiger partial charge is 0.0351 e. The number of allylic oxidation sites excluding steroid dienone is 2. The van der Waals surface area contributed by atoms with Crippen molar-refractivity contribution in [2.24, 2.45) is 0 Å². The van der Waals surface area contributed by atoms with Gasteiger partial charge >= 0.3 is 0 Å². The zero-order valence-corrected chi connectivity index (χ0v) is 23.0. The van der Waals surface area contributed by atoms with E-state index in [2.05, 4.69) is 26.0 Å². The lowest BCUT2D eigenvalue weighted by Gasteiger charge is -2.03. The number of hydrogen-bond donors (Lipinski definition) is 0. The normalized spacial score (nSPS) is 11.7. The second-order valence-electron chi connectivity index (χ2n) is 10.5. The third kappa shape index (κ3) is 29.7. The fourth-order valence-corrected chi connectivity index (χ4v) is 4.80. The van der Waals surface area contributed by atoms with E-state index in [-0.39, 0.29) is 0 Å². The first-order valence-electron chi connectivity index (χ1n) is 15.6. The van der Waals surface area contributed by atoms with Gasteiger partial charge in [-0.25, -0.2) is 0 Å². The fraction of sp³-hybridized carbons (Fsp3) is 0.938. The summed E-state index contributed by atoms with van der Waals surface area (Å²) in [6.07, 6.45) is 45.4. The van der Waals surface area contributed by atoms with Gasteiger partial charge in [0.2, 0.25) is 0 Å². The largest absolute Gasteiger partial charge is 0.0885 e. The predicted octanol–water partition coefficient (Wildman–Crippen LogP) is 12.5. The maximum atomic E-state index is 2.46. The van der Waals surface area contributed by atoms with E-state index in [1.807, 2.05) is 0 Å². The molecule has 0 nitrogen and oxygen atoms in total. The van der Waals surface area contributed by atoms with Gasteiger partial charge in [0.25, 0.3) is 0 Å². The second kappa shape index (κ2) is 30.7. The van der Waals surface area contributed by atoms with Crippen LogP contribution in [0.15, 0.2) is 12.2 Å². The standard InChI is InChI=1S/C32H64/c1-3-5-7-9-11-13-15-17-19-21-23-25-27-29-31-32-30-28-26-24-22-20-18-16-14-12-10-8-6-4-2/h31-32H,3-30H2,1-2H3. The van der Waals surface area contributed by atoms with Gasteiger partial charge in [-0.1, -0.05) is 180 Å². The molecule has 0 heterocycles. The van der Waals surface area contributed by atoms with Crippen molar-refractivity contribution >= 4 is 0 Å². The second-order valence-corrected chi connectivity index (χ2v) is 10.5. The molecule has 0 radical (unpaired) electrons. The highest BCUT2D eigenvalue weighted by Gasteiger charge is 1.95. The van der Waals surface area contributed by atoms with Gasteiger partial charge in [0, 0.05) is 0 Å². The Balaban J connectivity index is 3.06. The molecule has 0 spiro atoms. The minimum absolute atomic E-state index is 1.32. The maximum absolute atomic E-state index is 2.46. The van der Waals surface area contributed by atoms with E-state index in [0.717, 1.165) is 0 Å². The number of hydrogen-bond acceptors (Lipinski definition) is 0. The van der Waals surface area contributed by atoms with E-state index in [1.165, 1.54) is 180 Å². The van der Waals surface area contributed by atoms with Crippen LogP contribution in [0.2, 0.25) is 0 Å². The number of rotatable bonds is 28. The highest BCUT2D eigenvalue weighted by Crippen LogP contribution is 2.14. The lowest BCUT2D eigenvalue weighted by Crippen LogP contribution is -1.83. The van der Waals surface area contributed by atoms with Crippen LogP contribution < -0.4 is 0 Å². The van der Waals surface area contributed by atoms with Crippen LogP contribution >= 0.6 is 0 Å². The van der Waals surface area contributed by atoms with Gasteiger partial charge in [-0.05, 0) is 25.7 Å². The summed E-state index contributed by atoms with van der Waals surface area (Å²) in [5.41, 5.74) is 0. The predicted molar refractivity (Wildman–Crippen MR) is 150 cm³/mol. The van der Waals surface area contributed by atoms with Crippen LogP contribution in [0.5, 0.6) is 0 Å². The lowest BCUT2D eigenvalue weighted by atomic mass is 10.0. The molecule has 0 heteroatoms. The summed E-state index contributed by atoms with van der Waals surface area (Å²) in [7, 11) is 0. The summed E-state index contributed by atoms with van der Waals surface area (Å²) < 4.78 is 0. The summed E-state index contributed by atoms with van der Waals surface area (Å²) in [5, 5.41) is 0. The van der Waals surface area contributed by atoms with Crippen molar-refractivity contribution in [1.82, 2.24) is 0 Å². The molecule has 32 heavy (non-hydrogen) atoms. The van der Waals surface area contributed by atoms with E-state index >= 15 is 0 Å². The molecule has 0 bridgehead atoms. The van der Waals surface area contributed by atoms with E-state index in [0.29, 0.717) is 0 Å². The highest BCUT2D eigenvalue weighted by atomic mass is 14.0. The minimum atomic E-state index is 1.32. The Labute approximate surface area is 205 Å². The first kappa shape index (κ1) is 31.7. The fourth-order valence-electron chi connectivity index (χ4n) is 4.80. The summed E-state index contributed by atoms with van der Waals surface area (Å²) in [6, 6.07) is 0. The summed E-state index contributed by atoms with van der Waals surface area (Å²) in [6.45, 7) is 4.61. The van der Waals surface area contributed by atoms with Gasteiger partial charge in [0.05, 0.1) is 0 Å². The van der Waals surface area contributed by atoms with E-state index in [4.69, 9.17) is 0 Å². The van der Waals surface area contributed by atoms with Crippen molar-refractivity contribution in [1.29, 1.82) is 0 Å². The molecule has 0 aliphatic heterocycles. The molecule has 0 atom stereocenters. The molecule has 0 aromatic rings. The van der Waals surface area contributed by atoms with Crippen LogP contribution in [0.3, 0.4) is 0 Å². The molecule has 0 amide bonds. The van der Waals surface area contributed by atoms with Crippen LogP contribution in [-0.4, -0.2) is 0 Å². The van der Waals surface area contributed by atoms with Gasteiger partial charge in [-0.3, -0.25) is 0 Å². The Bertz CT molecular complexity index is 297. The SMILES string of the molecule is CCCCCCCCCCCCCCCC=CCCCCCCCCCCCCCCC. The Hall–Kier alpha value is -0.260. The molecule has 0 saturated heterocycles. The molecule has 0 aliphatic carbocycles. The molecule has 0 aromatic carbocycles. The van der Waals surface area contributed by atoms with Crippen LogP contribution in [0, 0.1) is 0 Å². The molecule has 192 valence electrons. The average molecular weight is 449 g/mol. The van der Waals surface area contributed by atoms with E-state index in [9.17, 15) is 0 Å². The Morgan fingerprint density at radius 2 is 0.438 bits per heavy atom. The third-order valence-corrected chi connectivity index (χ3v) is 7.12. The zero-order chi connectivity index (χ0) is 23.2. The van der Waals surface area contributed by atoms with Crippen LogP contribution in [-0.2, 0) is 0 Å². The maximum Gasteiger partial charge on any atom is -0.0351 e. The van der Waals surface area contributed by atoms with Crippen LogP contribution in [0.25, 0.3) is 0 Å². The Kier molecular flexibility index (Phi) is 30.5. The van der Waals surface area contributed by atoms with Crippen molar-refractivity contribution in [3.63, 3.8) is 0 Å². The van der Waals surface area contributed by atoms with Gasteiger partial charge in [-0.15, -0.1) is 0 Å². The first-order chi connectivity index (χ1) is 15.9. The van der Waals surface area contributed by atoms with Gasteiger partial charge in [0.1, 0.15) is 0 Å². The van der Waals surface area contributed by atoms with Gasteiger partial charge in [-0.2, -0.15) is 0 Å². The Morgan fingerprint density at radius 3 is 0.656 bits per heavy atom. The summed E-state index contributed by atoms with van der Waals surface area (Å²) in [5.74, 6) is 0. The highest BCUT2D eigenvalue weighted by molar-refractivity contribution is 4.81. The van der Waals surface area contributed by atoms with Crippen molar-refractivity contribution in [3.8, 4) is 0 Å². The molecular formula is C32H64. The number of unbranched alkanes of at least 4 members (excludes halogenated alkanes) is 26. The van der Waals surface area contributed by atoms with Gasteiger partial charge < -0.3 is 0 Å². The molecule has 0 aliphatic rings. The molecule has 0 saturated carbocycles. The first-order valence-corrected chi connectivity index (χ1v) is 15.6. The molecule has 0 rings (SSSR count). The summed E-state index contributed by atoms with van der Waals surface area (Å²) in [4.78, 5) is 0. The summed E-state index contributed by atoms with van der Waals surface area (Å²) >= 11 is 0. The van der Waals surface area contributed by atoms with Crippen molar-refractivity contribution in [2.75, 3.05) is 0 Å². The van der Waals surface area contributed by atoms with Gasteiger partial charge in [0.15, 0.2) is 0 Å². The molecule has 0 unspecified atom stereocenters. The van der Waals surface area contributed by atoms with E-state index < -0.39 is 0 Å². The van der Waals surface area contributed by atoms with Crippen LogP contribution in [0.4, 0.5) is 0 Å². The van der Waals surface area contributed by atoms with Crippen molar-refractivity contribution < 1.29 is 0 Å².